The second kappa shape index (κ2) is 8.37. The summed E-state index contributed by atoms with van der Waals surface area (Å²) in [7, 11) is 0. The maximum Gasteiger partial charge on any atom is 0.162 e. The average Bonchev–Trinajstić information content (AvgIpc) is 2.54. The first-order valence-electron chi connectivity index (χ1n) is 9.25. The van der Waals surface area contributed by atoms with E-state index in [1.165, 1.54) is 11.3 Å². The van der Waals surface area contributed by atoms with Crippen molar-refractivity contribution in [2.75, 3.05) is 26.3 Å². The van der Waals surface area contributed by atoms with E-state index in [1.54, 1.807) is 0 Å². The maximum absolute atomic E-state index is 12.7. The Kier molecular flexibility index (Phi) is 6.70. The monoisotopic (exact) mass is 362 g/mol. The van der Waals surface area contributed by atoms with Crippen LogP contribution in [-0.2, 0) is 11.2 Å². The Morgan fingerprint density at radius 1 is 1.08 bits per heavy atom. The molecule has 25 heavy (non-hydrogen) atoms. The van der Waals surface area contributed by atoms with Crippen LogP contribution in [-0.4, -0.2) is 41.9 Å². The van der Waals surface area contributed by atoms with Gasteiger partial charge in [-0.05, 0) is 30.2 Å². The Labute approximate surface area is 158 Å². The summed E-state index contributed by atoms with van der Waals surface area (Å²) < 4.78 is 0. The van der Waals surface area contributed by atoms with E-state index in [0.717, 1.165) is 51.1 Å². The summed E-state index contributed by atoms with van der Waals surface area (Å²) in [6.45, 7) is 10.5. The molecule has 0 fully saturated rings. The van der Waals surface area contributed by atoms with Crippen LogP contribution in [0, 0.1) is 5.41 Å². The van der Waals surface area contributed by atoms with E-state index in [0.29, 0.717) is 12.2 Å². The summed E-state index contributed by atoms with van der Waals surface area (Å²) in [4.78, 5) is 17.6. The predicted molar refractivity (Wildman–Crippen MR) is 106 cm³/mol. The molecule has 4 heteroatoms. The molecule has 0 unspecified atom stereocenters. The van der Waals surface area contributed by atoms with Crippen molar-refractivity contribution in [2.45, 2.75) is 46.5 Å². The van der Waals surface area contributed by atoms with Crippen LogP contribution in [0.1, 0.15) is 45.6 Å². The molecule has 0 N–H and O–H groups in total. The van der Waals surface area contributed by atoms with Gasteiger partial charge in [-0.25, -0.2) is 0 Å². The number of Topliss-reactive ketones (excluding diaryl/α,β-unsaturated/α-hetero) is 1. The second-order valence-corrected chi connectivity index (χ2v) is 8.06. The molecule has 0 saturated carbocycles. The van der Waals surface area contributed by atoms with Crippen molar-refractivity contribution in [2.24, 2.45) is 5.41 Å². The number of hydrogen-bond acceptors (Lipinski definition) is 3. The molecule has 1 aliphatic carbocycles. The molecule has 0 saturated heterocycles. The molecule has 138 valence electrons. The first kappa shape index (κ1) is 20.0. The molecule has 1 aromatic carbocycles. The van der Waals surface area contributed by atoms with Gasteiger partial charge in [0.1, 0.15) is 0 Å². The van der Waals surface area contributed by atoms with E-state index in [-0.39, 0.29) is 17.8 Å². The molecule has 0 amide bonds. The third-order valence-electron chi connectivity index (χ3n) is 5.16. The van der Waals surface area contributed by atoms with Gasteiger partial charge in [0.25, 0.3) is 0 Å². The zero-order valence-corrected chi connectivity index (χ0v) is 16.6. The van der Waals surface area contributed by atoms with Gasteiger partial charge >= 0.3 is 0 Å². The Bertz CT molecular complexity index is 624. The fourth-order valence-corrected chi connectivity index (χ4v) is 3.96. The Morgan fingerprint density at radius 2 is 1.80 bits per heavy atom. The van der Waals surface area contributed by atoms with Crippen LogP contribution in [0.2, 0.25) is 0 Å². The van der Waals surface area contributed by atoms with Crippen molar-refractivity contribution < 1.29 is 4.79 Å². The third-order valence-corrected chi connectivity index (χ3v) is 5.16. The fourth-order valence-electron chi connectivity index (χ4n) is 3.96. The van der Waals surface area contributed by atoms with Crippen LogP contribution in [0.25, 0.3) is 0 Å². The zero-order valence-electron chi connectivity index (χ0n) is 15.8. The van der Waals surface area contributed by atoms with Crippen LogP contribution in [0.3, 0.4) is 0 Å². The Morgan fingerprint density at radius 3 is 2.48 bits per heavy atom. The minimum Gasteiger partial charge on any atom is -0.361 e. The van der Waals surface area contributed by atoms with Crippen LogP contribution in [0.5, 0.6) is 0 Å². The van der Waals surface area contributed by atoms with Gasteiger partial charge in [0, 0.05) is 37.3 Å². The second-order valence-electron chi connectivity index (χ2n) is 8.06. The van der Waals surface area contributed by atoms with Gasteiger partial charge in [-0.2, -0.15) is 0 Å². The number of ketones is 1. The third kappa shape index (κ3) is 4.86. The lowest BCUT2D eigenvalue weighted by Crippen LogP contribution is -2.49. The van der Waals surface area contributed by atoms with Gasteiger partial charge in [0.05, 0.1) is 6.67 Å². The molecular formula is C21H31ClN2O. The quantitative estimate of drug-likeness (QED) is 0.781. The van der Waals surface area contributed by atoms with E-state index >= 15 is 0 Å². The lowest BCUT2D eigenvalue weighted by Gasteiger charge is -2.45. The van der Waals surface area contributed by atoms with E-state index in [2.05, 4.69) is 60.9 Å². The van der Waals surface area contributed by atoms with Crippen LogP contribution in [0.4, 0.5) is 0 Å². The lowest BCUT2D eigenvalue weighted by atomic mass is 9.75. The van der Waals surface area contributed by atoms with E-state index in [9.17, 15) is 4.79 Å². The van der Waals surface area contributed by atoms with E-state index < -0.39 is 0 Å². The number of hydrogen-bond donors (Lipinski definition) is 0. The normalized spacial score (nSPS) is 20.3. The summed E-state index contributed by atoms with van der Waals surface area (Å²) in [6, 6.07) is 10.6. The highest BCUT2D eigenvalue weighted by Gasteiger charge is 2.37. The van der Waals surface area contributed by atoms with Crippen molar-refractivity contribution >= 4 is 18.2 Å². The summed E-state index contributed by atoms with van der Waals surface area (Å²) in [5.74, 6) is 0.367. The number of nitrogens with zero attached hydrogens (tertiary/aromatic N) is 2. The van der Waals surface area contributed by atoms with Crippen molar-refractivity contribution in [1.29, 1.82) is 0 Å². The van der Waals surface area contributed by atoms with Crippen LogP contribution >= 0.6 is 12.4 Å². The van der Waals surface area contributed by atoms with Crippen molar-refractivity contribution in [3.8, 4) is 0 Å². The molecule has 2 aliphatic rings. The highest BCUT2D eigenvalue weighted by molar-refractivity contribution is 5.98. The first-order chi connectivity index (χ1) is 11.5. The van der Waals surface area contributed by atoms with Gasteiger partial charge < -0.3 is 4.90 Å². The highest BCUT2D eigenvalue weighted by Crippen LogP contribution is 2.40. The largest absolute Gasteiger partial charge is 0.361 e. The zero-order chi connectivity index (χ0) is 17.2. The van der Waals surface area contributed by atoms with Gasteiger partial charge in [-0.1, -0.05) is 51.1 Å². The van der Waals surface area contributed by atoms with Gasteiger partial charge in [0.2, 0.25) is 0 Å². The minimum atomic E-state index is 0. The number of halogens is 1. The maximum atomic E-state index is 12.7. The van der Waals surface area contributed by atoms with Crippen molar-refractivity contribution in [3.05, 3.63) is 47.2 Å². The molecule has 0 atom stereocenters. The molecule has 3 nitrogen and oxygen atoms in total. The molecular weight excluding hydrogens is 332 g/mol. The Hall–Kier alpha value is -1.32. The number of carbonyl (C=O) groups is 1. The molecule has 1 heterocycles. The molecule has 0 aromatic heterocycles. The molecule has 1 aliphatic heterocycles. The van der Waals surface area contributed by atoms with Gasteiger partial charge in [0.15, 0.2) is 5.78 Å². The molecule has 3 rings (SSSR count). The topological polar surface area (TPSA) is 23.6 Å². The predicted octanol–water partition coefficient (Wildman–Crippen LogP) is 4.28. The highest BCUT2D eigenvalue weighted by atomic mass is 35.5. The summed E-state index contributed by atoms with van der Waals surface area (Å²) in [6.07, 6.45) is 3.90. The minimum absolute atomic E-state index is 0. The van der Waals surface area contributed by atoms with Crippen LogP contribution < -0.4 is 0 Å². The van der Waals surface area contributed by atoms with Gasteiger partial charge in [-0.15, -0.1) is 12.4 Å². The lowest BCUT2D eigenvalue weighted by molar-refractivity contribution is -0.119. The number of benzene rings is 1. The Balaban J connectivity index is 0.00000225. The van der Waals surface area contributed by atoms with Crippen molar-refractivity contribution in [1.82, 2.24) is 9.80 Å². The first-order valence-corrected chi connectivity index (χ1v) is 9.25. The van der Waals surface area contributed by atoms with Gasteiger partial charge in [-0.3, -0.25) is 9.69 Å². The number of rotatable bonds is 5. The molecule has 0 spiro atoms. The molecule has 1 aromatic rings. The van der Waals surface area contributed by atoms with Crippen molar-refractivity contribution in [3.63, 3.8) is 0 Å². The van der Waals surface area contributed by atoms with E-state index in [1.807, 2.05) is 0 Å². The number of allylic oxidation sites excluding steroid dienone is 1. The molecule has 0 radical (unpaired) electrons. The summed E-state index contributed by atoms with van der Waals surface area (Å²) in [5, 5.41) is 0. The number of carbonyl (C=O) groups excluding carboxylic acids is 1. The van der Waals surface area contributed by atoms with E-state index in [4.69, 9.17) is 0 Å². The SMILES string of the molecule is CCCN1CN(CCc2ccccc2)CC2=C1CC(C)(C)CC2=O.Cl. The standard InChI is InChI=1S/C21H30N2O.ClH/c1-4-11-23-16-22(12-10-17-8-6-5-7-9-17)15-18-19(23)13-21(2,3)14-20(18)24;/h5-9H,4,10-16H2,1-3H3;1H. The smallest absolute Gasteiger partial charge is 0.162 e. The fraction of sp³-hybridized carbons (Fsp3) is 0.571. The van der Waals surface area contributed by atoms with Crippen LogP contribution in [0.15, 0.2) is 41.6 Å². The molecule has 0 bridgehead atoms. The average molecular weight is 363 g/mol. The summed E-state index contributed by atoms with van der Waals surface area (Å²) >= 11 is 0. The summed E-state index contributed by atoms with van der Waals surface area (Å²) in [5.41, 5.74) is 3.89.